The molecule has 1 aromatic heterocycles. The number of aromatic nitrogens is 2. The molecule has 2 aromatic carbocycles. The standard InChI is InChI=1S/C22H20F3N3O4/c23-22(24,25)32-17-7-5-15(6-8-17)18-11-26-20(27-18)19-13-31-10-9-28(19)12-14-1-3-16(4-2-14)21(29)30/h1-8,11,19H,9-10,12-13H2,(H,26,27)(H,29,30). The second kappa shape index (κ2) is 9.01. The average Bonchev–Trinajstić information content (AvgIpc) is 3.24. The van der Waals surface area contributed by atoms with Gasteiger partial charge in [0, 0.05) is 13.1 Å². The zero-order chi connectivity index (χ0) is 22.7. The Morgan fingerprint density at radius 2 is 1.91 bits per heavy atom. The van der Waals surface area contributed by atoms with E-state index in [2.05, 4.69) is 19.6 Å². The van der Waals surface area contributed by atoms with Crippen LogP contribution in [0.1, 0.15) is 27.8 Å². The molecule has 0 amide bonds. The molecule has 2 heterocycles. The Balaban J connectivity index is 1.48. The summed E-state index contributed by atoms with van der Waals surface area (Å²) in [6.45, 7) is 2.26. The zero-order valence-electron chi connectivity index (χ0n) is 16.8. The number of aromatic amines is 1. The van der Waals surface area contributed by atoms with Gasteiger partial charge in [-0.15, -0.1) is 13.2 Å². The maximum atomic E-state index is 12.3. The average molecular weight is 447 g/mol. The fraction of sp³-hybridized carbons (Fsp3) is 0.273. The molecule has 0 aliphatic carbocycles. The number of benzene rings is 2. The first kappa shape index (κ1) is 21.8. The molecule has 3 aromatic rings. The van der Waals surface area contributed by atoms with Crippen LogP contribution in [-0.2, 0) is 11.3 Å². The SMILES string of the molecule is O=C(O)c1ccc(CN2CCOCC2c2ncc(-c3ccc(OC(F)(F)F)cc3)[nH]2)cc1. The number of H-pyrrole nitrogens is 1. The number of hydrogen-bond donors (Lipinski definition) is 2. The van der Waals surface area contributed by atoms with Gasteiger partial charge in [0.1, 0.15) is 11.6 Å². The molecule has 2 N–H and O–H groups in total. The van der Waals surface area contributed by atoms with Crippen molar-refractivity contribution in [3.8, 4) is 17.0 Å². The van der Waals surface area contributed by atoms with Crippen molar-refractivity contribution in [2.45, 2.75) is 18.9 Å². The maximum Gasteiger partial charge on any atom is 0.573 e. The van der Waals surface area contributed by atoms with Crippen molar-refractivity contribution < 1.29 is 32.5 Å². The number of carboxylic acid groups (broad SMARTS) is 1. The van der Waals surface area contributed by atoms with Crippen LogP contribution in [0, 0.1) is 0 Å². The predicted octanol–water partition coefficient (Wildman–Crippen LogP) is 4.25. The van der Waals surface area contributed by atoms with E-state index in [1.54, 1.807) is 30.5 Å². The van der Waals surface area contributed by atoms with Crippen LogP contribution in [0.2, 0.25) is 0 Å². The highest BCUT2D eigenvalue weighted by molar-refractivity contribution is 5.87. The molecule has 1 saturated heterocycles. The van der Waals surface area contributed by atoms with Gasteiger partial charge in [-0.25, -0.2) is 9.78 Å². The second-order valence-corrected chi connectivity index (χ2v) is 7.32. The second-order valence-electron chi connectivity index (χ2n) is 7.32. The lowest BCUT2D eigenvalue weighted by Gasteiger charge is -2.34. The topological polar surface area (TPSA) is 87.7 Å². The zero-order valence-corrected chi connectivity index (χ0v) is 16.8. The molecule has 1 unspecified atom stereocenters. The molecule has 1 aliphatic rings. The number of carboxylic acids is 1. The van der Waals surface area contributed by atoms with Crippen LogP contribution in [0.5, 0.6) is 5.75 Å². The Morgan fingerprint density at radius 3 is 2.56 bits per heavy atom. The van der Waals surface area contributed by atoms with Crippen LogP contribution in [0.25, 0.3) is 11.3 Å². The normalized spacial score (nSPS) is 17.3. The van der Waals surface area contributed by atoms with Gasteiger partial charge in [-0.3, -0.25) is 4.90 Å². The van der Waals surface area contributed by atoms with Gasteiger partial charge >= 0.3 is 12.3 Å². The van der Waals surface area contributed by atoms with Crippen LogP contribution < -0.4 is 4.74 Å². The molecule has 0 bridgehead atoms. The number of nitrogens with one attached hydrogen (secondary N) is 1. The van der Waals surface area contributed by atoms with Crippen molar-refractivity contribution in [1.29, 1.82) is 0 Å². The van der Waals surface area contributed by atoms with Crippen molar-refractivity contribution in [3.63, 3.8) is 0 Å². The minimum Gasteiger partial charge on any atom is -0.478 e. The number of morpholine rings is 1. The van der Waals surface area contributed by atoms with Crippen molar-refractivity contribution in [1.82, 2.24) is 14.9 Å². The van der Waals surface area contributed by atoms with E-state index in [1.807, 2.05) is 0 Å². The fourth-order valence-corrected chi connectivity index (χ4v) is 3.56. The Hall–Kier alpha value is -3.37. The van der Waals surface area contributed by atoms with Crippen LogP contribution >= 0.6 is 0 Å². The fourth-order valence-electron chi connectivity index (χ4n) is 3.56. The lowest BCUT2D eigenvalue weighted by atomic mass is 10.1. The first-order valence-electron chi connectivity index (χ1n) is 9.83. The summed E-state index contributed by atoms with van der Waals surface area (Å²) in [5, 5.41) is 9.05. The molecule has 10 heteroatoms. The molecular formula is C22H20F3N3O4. The molecule has 32 heavy (non-hydrogen) atoms. The molecular weight excluding hydrogens is 427 g/mol. The number of hydrogen-bond acceptors (Lipinski definition) is 5. The number of ether oxygens (including phenoxy) is 2. The molecule has 0 spiro atoms. The highest BCUT2D eigenvalue weighted by Crippen LogP contribution is 2.29. The Bertz CT molecular complexity index is 1070. The third kappa shape index (κ3) is 5.27. The summed E-state index contributed by atoms with van der Waals surface area (Å²) in [5.74, 6) is -0.582. The summed E-state index contributed by atoms with van der Waals surface area (Å²) >= 11 is 0. The molecule has 1 fully saturated rings. The van der Waals surface area contributed by atoms with E-state index in [1.165, 1.54) is 24.3 Å². The van der Waals surface area contributed by atoms with E-state index in [-0.39, 0.29) is 17.4 Å². The molecule has 0 radical (unpaired) electrons. The minimum atomic E-state index is -4.74. The quantitative estimate of drug-likeness (QED) is 0.588. The van der Waals surface area contributed by atoms with Gasteiger partial charge in [0.05, 0.1) is 36.7 Å². The summed E-state index contributed by atoms with van der Waals surface area (Å²) < 4.78 is 46.6. The lowest BCUT2D eigenvalue weighted by Crippen LogP contribution is -2.39. The highest BCUT2D eigenvalue weighted by atomic mass is 19.4. The maximum absolute atomic E-state index is 12.3. The van der Waals surface area contributed by atoms with Gasteiger partial charge in [0.25, 0.3) is 0 Å². The van der Waals surface area contributed by atoms with E-state index in [4.69, 9.17) is 9.84 Å². The first-order chi connectivity index (χ1) is 15.3. The number of carbonyl (C=O) groups is 1. The van der Waals surface area contributed by atoms with Gasteiger partial charge in [-0.05, 0) is 47.5 Å². The molecule has 168 valence electrons. The molecule has 7 nitrogen and oxygen atoms in total. The first-order valence-corrected chi connectivity index (χ1v) is 9.83. The van der Waals surface area contributed by atoms with Crippen molar-refractivity contribution in [3.05, 3.63) is 71.7 Å². The summed E-state index contributed by atoms with van der Waals surface area (Å²) in [7, 11) is 0. The molecule has 1 atom stereocenters. The lowest BCUT2D eigenvalue weighted by molar-refractivity contribution is -0.274. The smallest absolute Gasteiger partial charge is 0.478 e. The van der Waals surface area contributed by atoms with Crippen LogP contribution in [0.4, 0.5) is 13.2 Å². The monoisotopic (exact) mass is 447 g/mol. The summed E-state index contributed by atoms with van der Waals surface area (Å²) in [6, 6.07) is 12.1. The van der Waals surface area contributed by atoms with Gasteiger partial charge in [0.15, 0.2) is 0 Å². The molecule has 0 saturated carbocycles. The van der Waals surface area contributed by atoms with E-state index in [9.17, 15) is 18.0 Å². The largest absolute Gasteiger partial charge is 0.573 e. The van der Waals surface area contributed by atoms with E-state index < -0.39 is 12.3 Å². The van der Waals surface area contributed by atoms with Gasteiger partial charge in [-0.2, -0.15) is 0 Å². The molecule has 1 aliphatic heterocycles. The third-order valence-electron chi connectivity index (χ3n) is 5.14. The van der Waals surface area contributed by atoms with E-state index >= 15 is 0 Å². The van der Waals surface area contributed by atoms with E-state index in [0.717, 1.165) is 5.56 Å². The number of imidazole rings is 1. The van der Waals surface area contributed by atoms with E-state index in [0.29, 0.717) is 43.4 Å². The summed E-state index contributed by atoms with van der Waals surface area (Å²) in [6.07, 6.45) is -3.11. The van der Waals surface area contributed by atoms with Gasteiger partial charge < -0.3 is 19.6 Å². The Morgan fingerprint density at radius 1 is 1.19 bits per heavy atom. The van der Waals surface area contributed by atoms with Crippen molar-refractivity contribution >= 4 is 5.97 Å². The number of halogens is 3. The Kier molecular flexibility index (Phi) is 6.15. The van der Waals surface area contributed by atoms with Gasteiger partial charge in [-0.1, -0.05) is 12.1 Å². The minimum absolute atomic E-state index is 0.149. The predicted molar refractivity (Wildman–Crippen MR) is 108 cm³/mol. The summed E-state index contributed by atoms with van der Waals surface area (Å²) in [4.78, 5) is 20.9. The van der Waals surface area contributed by atoms with Crippen LogP contribution in [0.3, 0.4) is 0 Å². The summed E-state index contributed by atoms with van der Waals surface area (Å²) in [5.41, 5.74) is 2.53. The third-order valence-corrected chi connectivity index (χ3v) is 5.14. The number of alkyl halides is 3. The highest BCUT2D eigenvalue weighted by Gasteiger charge is 2.31. The molecule has 4 rings (SSSR count). The van der Waals surface area contributed by atoms with Crippen molar-refractivity contribution in [2.75, 3.05) is 19.8 Å². The Labute approximate surface area is 181 Å². The van der Waals surface area contributed by atoms with Crippen LogP contribution in [-0.4, -0.2) is 52.1 Å². The van der Waals surface area contributed by atoms with Crippen molar-refractivity contribution in [2.24, 2.45) is 0 Å². The number of nitrogens with zero attached hydrogens (tertiary/aromatic N) is 2. The number of rotatable bonds is 6. The van der Waals surface area contributed by atoms with Crippen LogP contribution in [0.15, 0.2) is 54.7 Å². The van der Waals surface area contributed by atoms with Gasteiger partial charge in [0.2, 0.25) is 0 Å². The number of aromatic carboxylic acids is 1.